The van der Waals surface area contributed by atoms with Crippen molar-refractivity contribution >= 4 is 17.7 Å². The number of carboxylic acids is 2. The minimum absolute atomic E-state index is 0.357. The summed E-state index contributed by atoms with van der Waals surface area (Å²) in [5, 5.41) is 38.2. The number of aliphatic hydroxyl groups excluding tert-OH is 1. The molecule has 0 bridgehead atoms. The van der Waals surface area contributed by atoms with E-state index in [9.17, 15) is 29.7 Å². The van der Waals surface area contributed by atoms with Crippen molar-refractivity contribution in [2.24, 2.45) is 0 Å². The number of carboxylic acid groups (broad SMARTS) is 2. The lowest BCUT2D eigenvalue weighted by atomic mass is 9.77. The van der Waals surface area contributed by atoms with Crippen molar-refractivity contribution in [1.29, 1.82) is 0 Å². The lowest BCUT2D eigenvalue weighted by molar-refractivity contribution is -0.187. The minimum Gasteiger partial charge on any atom is -0.479 e. The molecule has 0 aliphatic carbocycles. The van der Waals surface area contributed by atoms with Gasteiger partial charge in [0, 0.05) is 0 Å². The quantitative estimate of drug-likeness (QED) is 0.542. The van der Waals surface area contributed by atoms with Crippen LogP contribution in [0.5, 0.6) is 0 Å². The van der Waals surface area contributed by atoms with Crippen LogP contribution in [0.25, 0.3) is 0 Å². The number of benzene rings is 2. The molecule has 2 aromatic rings. The largest absolute Gasteiger partial charge is 0.479 e. The molecular weight excluding hydrogens is 328 g/mol. The van der Waals surface area contributed by atoms with Crippen LogP contribution in [0.15, 0.2) is 60.7 Å². The summed E-state index contributed by atoms with van der Waals surface area (Å²) in [7, 11) is 0. The summed E-state index contributed by atoms with van der Waals surface area (Å²) >= 11 is 0. The number of Topliss-reactive ketones (excluding diaryl/α,β-unsaturated/α-hetero) is 1. The SMILES string of the molecule is O=C(O)C(O)C(O)(C(=O)O)C(=O)C(c1ccccc1)c1ccccc1. The lowest BCUT2D eigenvalue weighted by Crippen LogP contribution is -2.60. The predicted molar refractivity (Wildman–Crippen MR) is 86.0 cm³/mol. The zero-order valence-corrected chi connectivity index (χ0v) is 12.9. The number of carbonyl (C=O) groups is 3. The number of rotatable bonds is 7. The van der Waals surface area contributed by atoms with E-state index in [0.717, 1.165) is 0 Å². The van der Waals surface area contributed by atoms with E-state index >= 15 is 0 Å². The molecule has 2 unspecified atom stereocenters. The maximum atomic E-state index is 12.9. The van der Waals surface area contributed by atoms with Crippen molar-refractivity contribution in [2.45, 2.75) is 17.6 Å². The third kappa shape index (κ3) is 3.42. The van der Waals surface area contributed by atoms with Gasteiger partial charge in [0.1, 0.15) is 0 Å². The van der Waals surface area contributed by atoms with Gasteiger partial charge in [0.2, 0.25) is 0 Å². The highest BCUT2D eigenvalue weighted by Gasteiger charge is 2.56. The van der Waals surface area contributed by atoms with Gasteiger partial charge in [-0.3, -0.25) is 4.79 Å². The number of aliphatic hydroxyl groups is 2. The first-order valence-corrected chi connectivity index (χ1v) is 7.31. The smallest absolute Gasteiger partial charge is 0.347 e. The van der Waals surface area contributed by atoms with E-state index in [4.69, 9.17) is 5.11 Å². The van der Waals surface area contributed by atoms with Crippen LogP contribution in [0.3, 0.4) is 0 Å². The van der Waals surface area contributed by atoms with Crippen molar-refractivity contribution < 1.29 is 34.8 Å². The van der Waals surface area contributed by atoms with Crippen molar-refractivity contribution in [3.63, 3.8) is 0 Å². The Morgan fingerprint density at radius 3 is 1.52 bits per heavy atom. The Morgan fingerprint density at radius 2 is 1.20 bits per heavy atom. The molecule has 130 valence electrons. The lowest BCUT2D eigenvalue weighted by Gasteiger charge is -2.29. The van der Waals surface area contributed by atoms with E-state index in [0.29, 0.717) is 11.1 Å². The average molecular weight is 344 g/mol. The standard InChI is InChI=1S/C18H16O7/c19-14(18(25,17(23)24)15(20)16(21)22)13(11-7-3-1-4-8-11)12-9-5-2-6-10-12/h1-10,13,15,20,25H,(H,21,22)(H,23,24). The fourth-order valence-electron chi connectivity index (χ4n) is 2.54. The average Bonchev–Trinajstić information content (AvgIpc) is 2.62. The molecule has 7 nitrogen and oxygen atoms in total. The van der Waals surface area contributed by atoms with Crippen LogP contribution in [-0.2, 0) is 14.4 Å². The third-order valence-corrected chi connectivity index (χ3v) is 3.86. The maximum absolute atomic E-state index is 12.9. The molecule has 7 heteroatoms. The van der Waals surface area contributed by atoms with Gasteiger partial charge >= 0.3 is 11.9 Å². The van der Waals surface area contributed by atoms with Gasteiger partial charge in [0.15, 0.2) is 11.9 Å². The summed E-state index contributed by atoms with van der Waals surface area (Å²) in [4.78, 5) is 35.4. The molecule has 25 heavy (non-hydrogen) atoms. The molecule has 0 fully saturated rings. The Bertz CT molecular complexity index is 733. The second kappa shape index (κ2) is 7.25. The Hall–Kier alpha value is -3.03. The molecule has 0 aliphatic heterocycles. The van der Waals surface area contributed by atoms with Crippen LogP contribution in [-0.4, -0.2) is 49.9 Å². The fourth-order valence-corrected chi connectivity index (χ4v) is 2.54. The summed E-state index contributed by atoms with van der Waals surface area (Å²) in [6.07, 6.45) is -2.81. The maximum Gasteiger partial charge on any atom is 0.347 e. The second-order valence-electron chi connectivity index (χ2n) is 5.43. The van der Waals surface area contributed by atoms with Crippen LogP contribution < -0.4 is 0 Å². The Labute approximate surface area is 142 Å². The highest BCUT2D eigenvalue weighted by Crippen LogP contribution is 2.31. The van der Waals surface area contributed by atoms with Gasteiger partial charge in [-0.05, 0) is 11.1 Å². The van der Waals surface area contributed by atoms with Crippen molar-refractivity contribution in [3.05, 3.63) is 71.8 Å². The molecule has 0 aromatic heterocycles. The number of ketones is 1. The van der Waals surface area contributed by atoms with Crippen molar-refractivity contribution in [3.8, 4) is 0 Å². The molecule has 2 rings (SSSR count). The Morgan fingerprint density at radius 1 is 0.800 bits per heavy atom. The fraction of sp³-hybridized carbons (Fsp3) is 0.167. The molecular formula is C18H16O7. The molecule has 2 atom stereocenters. The second-order valence-corrected chi connectivity index (χ2v) is 5.43. The van der Waals surface area contributed by atoms with Crippen LogP contribution in [0, 0.1) is 0 Å². The number of carbonyl (C=O) groups excluding carboxylic acids is 1. The molecule has 0 heterocycles. The van der Waals surface area contributed by atoms with E-state index in [1.54, 1.807) is 60.7 Å². The highest BCUT2D eigenvalue weighted by atomic mass is 16.4. The van der Waals surface area contributed by atoms with E-state index < -0.39 is 35.3 Å². The predicted octanol–water partition coefficient (Wildman–Crippen LogP) is 0.649. The van der Waals surface area contributed by atoms with E-state index in [1.165, 1.54) is 0 Å². The Kier molecular flexibility index (Phi) is 5.31. The van der Waals surface area contributed by atoms with Crippen LogP contribution >= 0.6 is 0 Å². The first kappa shape index (κ1) is 18.3. The van der Waals surface area contributed by atoms with Gasteiger partial charge < -0.3 is 20.4 Å². The monoisotopic (exact) mass is 344 g/mol. The van der Waals surface area contributed by atoms with E-state index in [2.05, 4.69) is 0 Å². The summed E-state index contributed by atoms with van der Waals surface area (Å²) < 4.78 is 0. The third-order valence-electron chi connectivity index (χ3n) is 3.86. The summed E-state index contributed by atoms with van der Waals surface area (Å²) in [6.45, 7) is 0. The summed E-state index contributed by atoms with van der Waals surface area (Å²) in [5.74, 6) is -6.76. The summed E-state index contributed by atoms with van der Waals surface area (Å²) in [6, 6.07) is 16.0. The molecule has 4 N–H and O–H groups in total. The molecule has 0 saturated heterocycles. The van der Waals surface area contributed by atoms with Gasteiger partial charge in [-0.25, -0.2) is 9.59 Å². The first-order valence-electron chi connectivity index (χ1n) is 7.31. The van der Waals surface area contributed by atoms with Crippen molar-refractivity contribution in [2.75, 3.05) is 0 Å². The summed E-state index contributed by atoms with van der Waals surface area (Å²) in [5.41, 5.74) is -2.78. The zero-order valence-electron chi connectivity index (χ0n) is 12.9. The normalized spacial score (nSPS) is 14.5. The van der Waals surface area contributed by atoms with E-state index in [-0.39, 0.29) is 0 Å². The van der Waals surface area contributed by atoms with Crippen LogP contribution in [0.4, 0.5) is 0 Å². The van der Waals surface area contributed by atoms with Crippen LogP contribution in [0.1, 0.15) is 17.0 Å². The minimum atomic E-state index is -3.50. The number of hydrogen-bond donors (Lipinski definition) is 4. The molecule has 0 radical (unpaired) electrons. The molecule has 2 aromatic carbocycles. The van der Waals surface area contributed by atoms with Gasteiger partial charge in [0.05, 0.1) is 5.92 Å². The van der Waals surface area contributed by atoms with Crippen molar-refractivity contribution in [1.82, 2.24) is 0 Å². The molecule has 0 amide bonds. The zero-order chi connectivity index (χ0) is 18.6. The molecule has 0 saturated carbocycles. The topological polar surface area (TPSA) is 132 Å². The molecule has 0 spiro atoms. The van der Waals surface area contributed by atoms with Crippen LogP contribution in [0.2, 0.25) is 0 Å². The van der Waals surface area contributed by atoms with E-state index in [1.807, 2.05) is 0 Å². The Balaban J connectivity index is 2.62. The number of aliphatic carboxylic acids is 2. The highest BCUT2D eigenvalue weighted by molar-refractivity contribution is 6.13. The van der Waals surface area contributed by atoms with Gasteiger partial charge in [-0.15, -0.1) is 0 Å². The first-order chi connectivity index (χ1) is 11.8. The van der Waals surface area contributed by atoms with Gasteiger partial charge in [-0.1, -0.05) is 60.7 Å². The number of hydrogen-bond acceptors (Lipinski definition) is 5. The van der Waals surface area contributed by atoms with Gasteiger partial charge in [0.25, 0.3) is 5.60 Å². The van der Waals surface area contributed by atoms with Gasteiger partial charge in [-0.2, -0.15) is 0 Å². The molecule has 0 aliphatic rings.